The SMILES string of the molecule is CCCNC(Cc1csc(C)n1)C1Cc2ccccc21. The lowest BCUT2D eigenvalue weighted by Gasteiger charge is -2.37. The number of hydrogen-bond donors (Lipinski definition) is 1. The third kappa shape index (κ3) is 2.79. The summed E-state index contributed by atoms with van der Waals surface area (Å²) in [6, 6.07) is 9.38. The molecule has 0 spiro atoms. The molecule has 0 fully saturated rings. The van der Waals surface area contributed by atoms with Gasteiger partial charge in [-0.25, -0.2) is 4.98 Å². The summed E-state index contributed by atoms with van der Waals surface area (Å²) < 4.78 is 0. The van der Waals surface area contributed by atoms with Crippen molar-refractivity contribution < 1.29 is 0 Å². The van der Waals surface area contributed by atoms with Crippen LogP contribution in [0.3, 0.4) is 0 Å². The van der Waals surface area contributed by atoms with Crippen molar-refractivity contribution in [2.24, 2.45) is 0 Å². The average Bonchev–Trinajstić information content (AvgIpc) is 2.82. The van der Waals surface area contributed by atoms with Gasteiger partial charge in [0.2, 0.25) is 0 Å². The number of rotatable bonds is 6. The zero-order chi connectivity index (χ0) is 13.9. The van der Waals surface area contributed by atoms with Crippen LogP contribution in [0.5, 0.6) is 0 Å². The van der Waals surface area contributed by atoms with Crippen molar-refractivity contribution in [3.8, 4) is 0 Å². The van der Waals surface area contributed by atoms with E-state index in [-0.39, 0.29) is 0 Å². The quantitative estimate of drug-likeness (QED) is 0.876. The van der Waals surface area contributed by atoms with Crippen LogP contribution in [0, 0.1) is 6.92 Å². The average molecular weight is 286 g/mol. The predicted molar refractivity (Wildman–Crippen MR) is 85.5 cm³/mol. The minimum Gasteiger partial charge on any atom is -0.313 e. The second-order valence-corrected chi connectivity index (χ2v) is 6.69. The summed E-state index contributed by atoms with van der Waals surface area (Å²) in [7, 11) is 0. The second kappa shape index (κ2) is 6.06. The molecule has 1 heterocycles. The molecule has 106 valence electrons. The maximum Gasteiger partial charge on any atom is 0.0897 e. The van der Waals surface area contributed by atoms with Crippen molar-refractivity contribution in [2.75, 3.05) is 6.54 Å². The molecule has 2 unspecified atom stereocenters. The molecule has 1 aliphatic rings. The molecule has 0 amide bonds. The van der Waals surface area contributed by atoms with Gasteiger partial charge in [-0.2, -0.15) is 0 Å². The monoisotopic (exact) mass is 286 g/mol. The molecule has 1 N–H and O–H groups in total. The van der Waals surface area contributed by atoms with Crippen LogP contribution in [-0.2, 0) is 12.8 Å². The number of aromatic nitrogens is 1. The van der Waals surface area contributed by atoms with Crippen molar-refractivity contribution in [3.63, 3.8) is 0 Å². The first-order chi connectivity index (χ1) is 9.78. The first-order valence-corrected chi connectivity index (χ1v) is 8.38. The van der Waals surface area contributed by atoms with Gasteiger partial charge in [-0.05, 0) is 37.4 Å². The lowest BCUT2D eigenvalue weighted by Crippen LogP contribution is -2.42. The molecule has 1 aliphatic carbocycles. The van der Waals surface area contributed by atoms with Crippen LogP contribution in [0.2, 0.25) is 0 Å². The molecule has 0 aliphatic heterocycles. The Morgan fingerprint density at radius 2 is 2.25 bits per heavy atom. The van der Waals surface area contributed by atoms with Gasteiger partial charge in [0.15, 0.2) is 0 Å². The van der Waals surface area contributed by atoms with Crippen LogP contribution in [-0.4, -0.2) is 17.6 Å². The molecule has 1 aromatic carbocycles. The Kier molecular flexibility index (Phi) is 4.18. The summed E-state index contributed by atoms with van der Waals surface area (Å²) in [5, 5.41) is 7.11. The third-order valence-electron chi connectivity index (χ3n) is 4.13. The number of aryl methyl sites for hydroxylation is 1. The Balaban J connectivity index is 1.74. The third-order valence-corrected chi connectivity index (χ3v) is 4.95. The van der Waals surface area contributed by atoms with E-state index >= 15 is 0 Å². The molecule has 3 heteroatoms. The predicted octanol–water partition coefficient (Wildman–Crippen LogP) is 3.70. The molecule has 0 radical (unpaired) electrons. The number of hydrogen-bond acceptors (Lipinski definition) is 3. The van der Waals surface area contributed by atoms with Gasteiger partial charge in [0.1, 0.15) is 0 Å². The largest absolute Gasteiger partial charge is 0.313 e. The van der Waals surface area contributed by atoms with Crippen molar-refractivity contribution in [2.45, 2.75) is 45.1 Å². The van der Waals surface area contributed by atoms with Crippen LogP contribution in [0.15, 0.2) is 29.6 Å². The molecule has 0 saturated carbocycles. The Hall–Kier alpha value is -1.19. The van der Waals surface area contributed by atoms with Crippen LogP contribution >= 0.6 is 11.3 Å². The topological polar surface area (TPSA) is 24.9 Å². The number of fused-ring (bicyclic) bond motifs is 1. The lowest BCUT2D eigenvalue weighted by atomic mass is 9.72. The molecule has 3 rings (SSSR count). The minimum absolute atomic E-state index is 0.520. The number of benzene rings is 1. The fraction of sp³-hybridized carbons (Fsp3) is 0.471. The van der Waals surface area contributed by atoms with Crippen LogP contribution in [0.1, 0.15) is 41.1 Å². The zero-order valence-electron chi connectivity index (χ0n) is 12.2. The number of nitrogens with one attached hydrogen (secondary N) is 1. The second-order valence-electron chi connectivity index (χ2n) is 5.63. The summed E-state index contributed by atoms with van der Waals surface area (Å²) in [6.45, 7) is 5.40. The summed E-state index contributed by atoms with van der Waals surface area (Å²) >= 11 is 1.75. The Morgan fingerprint density at radius 1 is 1.40 bits per heavy atom. The minimum atomic E-state index is 0.520. The van der Waals surface area contributed by atoms with Gasteiger partial charge in [-0.3, -0.25) is 0 Å². The van der Waals surface area contributed by atoms with E-state index in [1.54, 1.807) is 11.3 Å². The van der Waals surface area contributed by atoms with Gasteiger partial charge < -0.3 is 5.32 Å². The summed E-state index contributed by atoms with van der Waals surface area (Å²) in [5.74, 6) is 0.653. The van der Waals surface area contributed by atoms with Gasteiger partial charge >= 0.3 is 0 Å². The maximum atomic E-state index is 4.63. The van der Waals surface area contributed by atoms with Crippen molar-refractivity contribution in [3.05, 3.63) is 51.5 Å². The molecule has 0 bridgehead atoms. The summed E-state index contributed by atoms with van der Waals surface area (Å²) in [5.41, 5.74) is 4.30. The Labute approximate surface area is 125 Å². The number of nitrogens with zero attached hydrogens (tertiary/aromatic N) is 1. The standard InChI is InChI=1S/C17H22N2S/c1-3-8-18-17(10-14-11-20-12(2)19-14)16-9-13-6-4-5-7-15(13)16/h4-7,11,16-18H,3,8-10H2,1-2H3. The van der Waals surface area contributed by atoms with Gasteiger partial charge in [-0.15, -0.1) is 11.3 Å². The molecular formula is C17H22N2S. The molecule has 0 saturated heterocycles. The first-order valence-electron chi connectivity index (χ1n) is 7.50. The smallest absolute Gasteiger partial charge is 0.0897 e. The van der Waals surface area contributed by atoms with Crippen molar-refractivity contribution in [1.82, 2.24) is 10.3 Å². The molecule has 2 nitrogen and oxygen atoms in total. The highest BCUT2D eigenvalue weighted by molar-refractivity contribution is 7.09. The highest BCUT2D eigenvalue weighted by atomic mass is 32.1. The van der Waals surface area contributed by atoms with Crippen LogP contribution in [0.4, 0.5) is 0 Å². The lowest BCUT2D eigenvalue weighted by molar-refractivity contribution is 0.395. The molecule has 20 heavy (non-hydrogen) atoms. The van der Waals surface area contributed by atoms with E-state index in [1.165, 1.54) is 34.7 Å². The Morgan fingerprint density at radius 3 is 2.95 bits per heavy atom. The van der Waals surface area contributed by atoms with E-state index in [0.717, 1.165) is 13.0 Å². The number of thiazole rings is 1. The summed E-state index contributed by atoms with van der Waals surface area (Å²) in [4.78, 5) is 4.63. The molecular weight excluding hydrogens is 264 g/mol. The van der Waals surface area contributed by atoms with E-state index in [4.69, 9.17) is 0 Å². The highest BCUT2D eigenvalue weighted by Gasteiger charge is 2.32. The molecule has 2 atom stereocenters. The van der Waals surface area contributed by atoms with E-state index in [9.17, 15) is 0 Å². The van der Waals surface area contributed by atoms with Crippen LogP contribution < -0.4 is 5.32 Å². The fourth-order valence-electron chi connectivity index (χ4n) is 3.07. The van der Waals surface area contributed by atoms with Crippen LogP contribution in [0.25, 0.3) is 0 Å². The van der Waals surface area contributed by atoms with E-state index in [1.807, 2.05) is 0 Å². The van der Waals surface area contributed by atoms with E-state index < -0.39 is 0 Å². The van der Waals surface area contributed by atoms with E-state index in [0.29, 0.717) is 12.0 Å². The van der Waals surface area contributed by atoms with E-state index in [2.05, 4.69) is 53.8 Å². The van der Waals surface area contributed by atoms with Gasteiger partial charge in [0.25, 0.3) is 0 Å². The van der Waals surface area contributed by atoms with Gasteiger partial charge in [-0.1, -0.05) is 31.2 Å². The summed E-state index contributed by atoms with van der Waals surface area (Å²) in [6.07, 6.45) is 3.44. The highest BCUT2D eigenvalue weighted by Crippen LogP contribution is 2.38. The normalized spacial score (nSPS) is 18.4. The molecule has 2 aromatic rings. The zero-order valence-corrected chi connectivity index (χ0v) is 13.0. The first kappa shape index (κ1) is 13.8. The van der Waals surface area contributed by atoms with Crippen molar-refractivity contribution in [1.29, 1.82) is 0 Å². The fourth-order valence-corrected chi connectivity index (χ4v) is 3.70. The van der Waals surface area contributed by atoms with Crippen molar-refractivity contribution >= 4 is 11.3 Å². The molecule has 1 aromatic heterocycles. The Bertz CT molecular complexity index is 576. The van der Waals surface area contributed by atoms with Gasteiger partial charge in [0, 0.05) is 23.8 Å². The maximum absolute atomic E-state index is 4.63. The van der Waals surface area contributed by atoms with Gasteiger partial charge in [0.05, 0.1) is 10.7 Å².